The van der Waals surface area contributed by atoms with Crippen molar-refractivity contribution >= 4 is 47.1 Å². The number of anilines is 1. The molecule has 7 N–H and O–H groups in total. The quantitative estimate of drug-likeness (QED) is 0.231. The van der Waals surface area contributed by atoms with Crippen molar-refractivity contribution in [2.24, 2.45) is 17.4 Å². The third-order valence-corrected chi connectivity index (χ3v) is 8.65. The Balaban J connectivity index is 0.000000223. The highest BCUT2D eigenvalue weighted by atomic mass is 32.2. The first-order chi connectivity index (χ1) is 23.2. The standard InChI is InChI=1S/C16H16N2O3.C16H16N2O2S.C2HF3O2/c17-10-12-5-4-6-13(9-12)16(21)18(11-15(19)20)14-7-2-1-3-8-14;17-15(19)14-13(11-8-4-5-9-12(11)21-14)18-16(20)10-6-2-1-3-7-10;3-2(4,5)1(6)7/h1-9H,10-11,17H2,(H,19,20);1-9,11-14H,(H2,17,19)(H,18,20);(H,6,7). The number of hydrogen-bond acceptors (Lipinski definition) is 7. The van der Waals surface area contributed by atoms with Gasteiger partial charge in [-0.2, -0.15) is 13.2 Å². The van der Waals surface area contributed by atoms with Crippen molar-refractivity contribution in [1.82, 2.24) is 5.32 Å². The molecule has 49 heavy (non-hydrogen) atoms. The Morgan fingerprint density at radius 1 is 0.837 bits per heavy atom. The van der Waals surface area contributed by atoms with E-state index in [1.54, 1.807) is 54.6 Å². The molecule has 11 nitrogen and oxygen atoms in total. The van der Waals surface area contributed by atoms with Gasteiger partial charge in [0.05, 0.1) is 6.04 Å². The lowest BCUT2D eigenvalue weighted by molar-refractivity contribution is -0.192. The maximum Gasteiger partial charge on any atom is 0.490 e. The second-order valence-corrected chi connectivity index (χ2v) is 11.8. The molecule has 0 aromatic heterocycles. The average molecular weight is 699 g/mol. The first-order valence-electron chi connectivity index (χ1n) is 14.6. The molecule has 3 aromatic carbocycles. The summed E-state index contributed by atoms with van der Waals surface area (Å²) >= 11 is 1.52. The number of carboxylic acid groups (broad SMARTS) is 2. The molecule has 4 unspecified atom stereocenters. The smallest absolute Gasteiger partial charge is 0.480 e. The summed E-state index contributed by atoms with van der Waals surface area (Å²) in [5, 5.41) is 18.9. The summed E-state index contributed by atoms with van der Waals surface area (Å²) in [6.07, 6.45) is 2.93. The van der Waals surface area contributed by atoms with E-state index in [1.807, 2.05) is 48.6 Å². The molecule has 5 rings (SSSR count). The minimum Gasteiger partial charge on any atom is -0.480 e. The largest absolute Gasteiger partial charge is 0.490 e. The number of carboxylic acids is 2. The number of nitrogens with two attached hydrogens (primary N) is 2. The molecule has 1 fully saturated rings. The number of para-hydroxylation sites is 1. The van der Waals surface area contributed by atoms with E-state index in [0.717, 1.165) is 5.56 Å². The Bertz CT molecular complexity index is 1690. The summed E-state index contributed by atoms with van der Waals surface area (Å²) in [6, 6.07) is 24.3. The van der Waals surface area contributed by atoms with Crippen LogP contribution in [0.25, 0.3) is 0 Å². The van der Waals surface area contributed by atoms with E-state index >= 15 is 0 Å². The van der Waals surface area contributed by atoms with E-state index in [-0.39, 0.29) is 34.9 Å². The number of carbonyl (C=O) groups is 5. The van der Waals surface area contributed by atoms with Crippen LogP contribution in [-0.2, 0) is 20.9 Å². The van der Waals surface area contributed by atoms with E-state index < -0.39 is 29.9 Å². The molecule has 0 radical (unpaired) electrons. The maximum absolute atomic E-state index is 12.6. The molecule has 1 aliphatic heterocycles. The first-order valence-corrected chi connectivity index (χ1v) is 15.5. The zero-order valence-electron chi connectivity index (χ0n) is 25.7. The number of rotatable bonds is 8. The van der Waals surface area contributed by atoms with Crippen molar-refractivity contribution in [2.45, 2.75) is 29.3 Å². The fraction of sp³-hybridized carbons (Fsp3) is 0.206. The lowest BCUT2D eigenvalue weighted by Gasteiger charge is -2.23. The SMILES string of the molecule is NC(=O)C1SC2C=CC=CC2C1NC(=O)c1ccccc1.NCc1cccc(C(=O)N(CC(=O)O)c2ccccc2)c1.O=C(O)C(F)(F)F. The van der Waals surface area contributed by atoms with E-state index in [9.17, 15) is 32.3 Å². The summed E-state index contributed by atoms with van der Waals surface area (Å²) in [4.78, 5) is 57.7. The van der Waals surface area contributed by atoms with Crippen LogP contribution in [0.4, 0.5) is 18.9 Å². The van der Waals surface area contributed by atoms with Gasteiger partial charge in [-0.15, -0.1) is 11.8 Å². The van der Waals surface area contributed by atoms with Crippen LogP contribution in [0.1, 0.15) is 26.3 Å². The zero-order chi connectivity index (χ0) is 36.1. The molecule has 0 spiro atoms. The molecular formula is C34H33F3N4O7S. The normalized spacial score (nSPS) is 18.8. The third kappa shape index (κ3) is 11.1. The molecule has 4 atom stereocenters. The zero-order valence-corrected chi connectivity index (χ0v) is 26.5. The molecule has 15 heteroatoms. The second-order valence-electron chi connectivity index (χ2n) is 10.5. The van der Waals surface area contributed by atoms with Gasteiger partial charge in [-0.1, -0.05) is 72.8 Å². The van der Waals surface area contributed by atoms with Crippen LogP contribution in [0.5, 0.6) is 0 Å². The second kappa shape index (κ2) is 17.7. The van der Waals surface area contributed by atoms with E-state index in [0.29, 0.717) is 23.4 Å². The molecule has 258 valence electrons. The Labute approximate surface area is 283 Å². The van der Waals surface area contributed by atoms with Crippen LogP contribution in [0.2, 0.25) is 0 Å². The third-order valence-electron chi connectivity index (χ3n) is 7.04. The van der Waals surface area contributed by atoms with Gasteiger partial charge in [-0.3, -0.25) is 24.1 Å². The molecule has 0 bridgehead atoms. The Morgan fingerprint density at radius 2 is 1.41 bits per heavy atom. The highest BCUT2D eigenvalue weighted by Crippen LogP contribution is 2.41. The molecule has 1 aliphatic carbocycles. The van der Waals surface area contributed by atoms with Gasteiger partial charge in [0.2, 0.25) is 5.91 Å². The fourth-order valence-electron chi connectivity index (χ4n) is 4.77. The van der Waals surface area contributed by atoms with Crippen LogP contribution in [-0.4, -0.2) is 69.1 Å². The van der Waals surface area contributed by atoms with Crippen molar-refractivity contribution in [2.75, 3.05) is 11.4 Å². The molecule has 0 saturated carbocycles. The van der Waals surface area contributed by atoms with E-state index in [1.165, 1.54) is 16.7 Å². The molecule has 1 saturated heterocycles. The Morgan fingerprint density at radius 3 is 1.96 bits per heavy atom. The van der Waals surface area contributed by atoms with Gasteiger partial charge in [0, 0.05) is 34.5 Å². The van der Waals surface area contributed by atoms with Crippen molar-refractivity contribution in [3.05, 3.63) is 126 Å². The molecular weight excluding hydrogens is 665 g/mol. The average Bonchev–Trinajstić information content (AvgIpc) is 3.46. The number of primary amides is 1. The number of benzene rings is 3. The maximum atomic E-state index is 12.6. The van der Waals surface area contributed by atoms with E-state index in [4.69, 9.17) is 26.5 Å². The number of aliphatic carboxylic acids is 2. The topological polar surface area (TPSA) is 193 Å². The Kier molecular flexibility index (Phi) is 13.7. The highest BCUT2D eigenvalue weighted by Gasteiger charge is 2.45. The van der Waals surface area contributed by atoms with E-state index in [2.05, 4.69) is 11.4 Å². The lowest BCUT2D eigenvalue weighted by Crippen LogP contribution is -2.48. The van der Waals surface area contributed by atoms with Gasteiger partial charge in [0.25, 0.3) is 11.8 Å². The van der Waals surface area contributed by atoms with Crippen molar-refractivity contribution < 1.29 is 47.4 Å². The fourth-order valence-corrected chi connectivity index (χ4v) is 6.29. The predicted molar refractivity (Wildman–Crippen MR) is 178 cm³/mol. The number of fused-ring (bicyclic) bond motifs is 1. The summed E-state index contributed by atoms with van der Waals surface area (Å²) in [5.41, 5.74) is 13.4. The minimum atomic E-state index is -5.08. The van der Waals surface area contributed by atoms with Gasteiger partial charge < -0.3 is 27.0 Å². The van der Waals surface area contributed by atoms with Crippen molar-refractivity contribution in [3.63, 3.8) is 0 Å². The van der Waals surface area contributed by atoms with Crippen LogP contribution in [0.15, 0.2) is 109 Å². The van der Waals surface area contributed by atoms with Crippen molar-refractivity contribution in [3.8, 4) is 0 Å². The molecule has 2 aliphatic rings. The summed E-state index contributed by atoms with van der Waals surface area (Å²) in [5.74, 6) is -4.63. The number of nitrogens with one attached hydrogen (secondary N) is 1. The van der Waals surface area contributed by atoms with Crippen LogP contribution in [0, 0.1) is 5.92 Å². The van der Waals surface area contributed by atoms with Gasteiger partial charge >= 0.3 is 18.1 Å². The minimum absolute atomic E-state index is 0.102. The summed E-state index contributed by atoms with van der Waals surface area (Å²) in [7, 11) is 0. The van der Waals surface area contributed by atoms with Gasteiger partial charge in [-0.05, 0) is 42.0 Å². The summed E-state index contributed by atoms with van der Waals surface area (Å²) in [6.45, 7) is -0.0684. The first kappa shape index (κ1) is 38.0. The monoisotopic (exact) mass is 698 g/mol. The number of hydrogen-bond donors (Lipinski definition) is 5. The molecule has 3 amide bonds. The number of thioether (sulfide) groups is 1. The lowest BCUT2D eigenvalue weighted by atomic mass is 9.90. The Hall–Kier alpha value is -5.41. The van der Waals surface area contributed by atoms with Gasteiger partial charge in [-0.25, -0.2) is 4.79 Å². The van der Waals surface area contributed by atoms with Gasteiger partial charge in [0.1, 0.15) is 11.8 Å². The number of halogens is 3. The number of nitrogens with zero attached hydrogens (tertiary/aromatic N) is 1. The molecule has 1 heterocycles. The van der Waals surface area contributed by atoms with Crippen LogP contribution >= 0.6 is 11.8 Å². The number of allylic oxidation sites excluding steroid dienone is 2. The van der Waals surface area contributed by atoms with Crippen LogP contribution in [0.3, 0.4) is 0 Å². The highest BCUT2D eigenvalue weighted by molar-refractivity contribution is 8.01. The predicted octanol–water partition coefficient (Wildman–Crippen LogP) is 4.01. The number of carbonyl (C=O) groups excluding carboxylic acids is 3. The van der Waals surface area contributed by atoms with Gasteiger partial charge in [0.15, 0.2) is 0 Å². The number of amides is 3. The number of alkyl halides is 3. The van der Waals surface area contributed by atoms with Crippen LogP contribution < -0.4 is 21.7 Å². The van der Waals surface area contributed by atoms with Crippen molar-refractivity contribution in [1.29, 1.82) is 0 Å². The summed E-state index contributed by atoms with van der Waals surface area (Å²) < 4.78 is 31.7. The molecule has 3 aromatic rings.